The highest BCUT2D eigenvalue weighted by molar-refractivity contribution is 5.70. The predicted octanol–water partition coefficient (Wildman–Crippen LogP) is 3.49. The fraction of sp³-hybridized carbons (Fsp3) is 0.235. The fourth-order valence-electron chi connectivity index (χ4n) is 2.15. The van der Waals surface area contributed by atoms with Gasteiger partial charge in [0.15, 0.2) is 0 Å². The number of carboxylic acid groups (broad SMARTS) is 1. The largest absolute Gasteiger partial charge is 0.481 e. The maximum absolute atomic E-state index is 10.6. The van der Waals surface area contributed by atoms with E-state index in [2.05, 4.69) is 24.4 Å². The van der Waals surface area contributed by atoms with Gasteiger partial charge in [-0.3, -0.25) is 4.79 Å². The molecule has 0 amide bonds. The van der Waals surface area contributed by atoms with Crippen molar-refractivity contribution in [2.24, 2.45) is 0 Å². The van der Waals surface area contributed by atoms with Gasteiger partial charge in [0.05, 0.1) is 6.42 Å². The average molecular weight is 269 g/mol. The van der Waals surface area contributed by atoms with E-state index in [1.54, 1.807) is 0 Å². The second-order valence-corrected chi connectivity index (χ2v) is 4.75. The molecule has 0 atom stereocenters. The molecule has 2 rings (SSSR count). The van der Waals surface area contributed by atoms with E-state index in [1.807, 2.05) is 36.4 Å². The van der Waals surface area contributed by atoms with Gasteiger partial charge in [0.25, 0.3) is 0 Å². The SMILES string of the molecule is CCc1ccccc1NCc1ccc(CC(=O)O)cc1. The molecule has 0 unspecified atom stereocenters. The van der Waals surface area contributed by atoms with Crippen LogP contribution in [0.15, 0.2) is 48.5 Å². The van der Waals surface area contributed by atoms with Crippen LogP contribution in [-0.4, -0.2) is 11.1 Å². The number of benzene rings is 2. The minimum absolute atomic E-state index is 0.0758. The molecule has 3 heteroatoms. The molecule has 3 nitrogen and oxygen atoms in total. The van der Waals surface area contributed by atoms with Gasteiger partial charge in [-0.05, 0) is 29.2 Å². The molecule has 2 N–H and O–H groups in total. The lowest BCUT2D eigenvalue weighted by Crippen LogP contribution is -2.03. The van der Waals surface area contributed by atoms with Crippen molar-refractivity contribution < 1.29 is 9.90 Å². The second kappa shape index (κ2) is 6.75. The molecule has 0 spiro atoms. The van der Waals surface area contributed by atoms with Gasteiger partial charge in [-0.1, -0.05) is 49.4 Å². The molecule has 0 aliphatic carbocycles. The Labute approximate surface area is 119 Å². The summed E-state index contributed by atoms with van der Waals surface area (Å²) >= 11 is 0. The highest BCUT2D eigenvalue weighted by Crippen LogP contribution is 2.16. The van der Waals surface area contributed by atoms with Gasteiger partial charge in [0.1, 0.15) is 0 Å². The molecule has 0 fully saturated rings. The molecule has 0 aromatic heterocycles. The van der Waals surface area contributed by atoms with Crippen LogP contribution in [0.5, 0.6) is 0 Å². The predicted molar refractivity (Wildman–Crippen MR) is 80.9 cm³/mol. The third kappa shape index (κ3) is 3.85. The zero-order valence-corrected chi connectivity index (χ0v) is 11.6. The first-order valence-corrected chi connectivity index (χ1v) is 6.80. The maximum atomic E-state index is 10.6. The number of anilines is 1. The number of aryl methyl sites for hydroxylation is 1. The lowest BCUT2D eigenvalue weighted by Gasteiger charge is -2.11. The molecular formula is C17H19NO2. The highest BCUT2D eigenvalue weighted by atomic mass is 16.4. The van der Waals surface area contributed by atoms with Crippen molar-refractivity contribution in [1.29, 1.82) is 0 Å². The third-order valence-electron chi connectivity index (χ3n) is 3.26. The Morgan fingerprint density at radius 1 is 1.05 bits per heavy atom. The van der Waals surface area contributed by atoms with Gasteiger partial charge < -0.3 is 10.4 Å². The summed E-state index contributed by atoms with van der Waals surface area (Å²) in [4.78, 5) is 10.6. The number of hydrogen-bond donors (Lipinski definition) is 2. The van der Waals surface area contributed by atoms with Crippen molar-refractivity contribution in [2.45, 2.75) is 26.3 Å². The quantitative estimate of drug-likeness (QED) is 0.844. The van der Waals surface area contributed by atoms with Crippen molar-refractivity contribution in [1.82, 2.24) is 0 Å². The minimum Gasteiger partial charge on any atom is -0.481 e. The Morgan fingerprint density at radius 2 is 1.70 bits per heavy atom. The Balaban J connectivity index is 1.98. The summed E-state index contributed by atoms with van der Waals surface area (Å²) in [5, 5.41) is 12.2. The van der Waals surface area contributed by atoms with Gasteiger partial charge in [-0.25, -0.2) is 0 Å². The van der Waals surface area contributed by atoms with Crippen LogP contribution in [0.2, 0.25) is 0 Å². The summed E-state index contributed by atoms with van der Waals surface area (Å²) in [6.07, 6.45) is 1.08. The first-order chi connectivity index (χ1) is 9.69. The molecule has 20 heavy (non-hydrogen) atoms. The average Bonchev–Trinajstić information content (AvgIpc) is 2.46. The van der Waals surface area contributed by atoms with E-state index in [0.29, 0.717) is 0 Å². The first-order valence-electron chi connectivity index (χ1n) is 6.80. The van der Waals surface area contributed by atoms with Crippen molar-refractivity contribution in [2.75, 3.05) is 5.32 Å². The van der Waals surface area contributed by atoms with Crippen molar-refractivity contribution in [3.8, 4) is 0 Å². The van der Waals surface area contributed by atoms with Crippen LogP contribution in [-0.2, 0) is 24.2 Å². The molecule has 104 valence electrons. The Hall–Kier alpha value is -2.29. The molecule has 2 aromatic rings. The zero-order valence-electron chi connectivity index (χ0n) is 11.6. The van der Waals surface area contributed by atoms with Gasteiger partial charge in [-0.15, -0.1) is 0 Å². The van der Waals surface area contributed by atoms with E-state index in [9.17, 15) is 4.79 Å². The van der Waals surface area contributed by atoms with Gasteiger partial charge in [-0.2, -0.15) is 0 Å². The normalized spacial score (nSPS) is 10.2. The van der Waals surface area contributed by atoms with Crippen LogP contribution < -0.4 is 5.32 Å². The number of aliphatic carboxylic acids is 1. The molecule has 0 aliphatic rings. The van der Waals surface area contributed by atoms with E-state index in [1.165, 1.54) is 5.56 Å². The van der Waals surface area contributed by atoms with Crippen LogP contribution in [0.4, 0.5) is 5.69 Å². The number of carbonyl (C=O) groups is 1. The van der Waals surface area contributed by atoms with Crippen molar-refractivity contribution in [3.05, 3.63) is 65.2 Å². The monoisotopic (exact) mass is 269 g/mol. The first kappa shape index (κ1) is 14.1. The lowest BCUT2D eigenvalue weighted by molar-refractivity contribution is -0.136. The Kier molecular flexibility index (Phi) is 4.77. The molecule has 0 saturated heterocycles. The van der Waals surface area contributed by atoms with Crippen LogP contribution in [0, 0.1) is 0 Å². The number of rotatable bonds is 6. The standard InChI is InChI=1S/C17H19NO2/c1-2-15-5-3-4-6-16(15)18-12-14-9-7-13(8-10-14)11-17(19)20/h3-10,18H,2,11-12H2,1H3,(H,19,20). The summed E-state index contributed by atoms with van der Waals surface area (Å²) < 4.78 is 0. The summed E-state index contributed by atoms with van der Waals surface area (Å²) in [5.41, 5.74) is 4.43. The highest BCUT2D eigenvalue weighted by Gasteiger charge is 2.02. The maximum Gasteiger partial charge on any atom is 0.307 e. The molecule has 0 radical (unpaired) electrons. The van der Waals surface area contributed by atoms with E-state index in [4.69, 9.17) is 5.11 Å². The van der Waals surface area contributed by atoms with Crippen molar-refractivity contribution >= 4 is 11.7 Å². The molecule has 0 aliphatic heterocycles. The van der Waals surface area contributed by atoms with Gasteiger partial charge >= 0.3 is 5.97 Å². The Morgan fingerprint density at radius 3 is 2.35 bits per heavy atom. The number of nitrogens with one attached hydrogen (secondary N) is 1. The zero-order chi connectivity index (χ0) is 14.4. The minimum atomic E-state index is -0.798. The Bertz CT molecular complexity index is 576. The van der Waals surface area contributed by atoms with Crippen LogP contribution in [0.25, 0.3) is 0 Å². The lowest BCUT2D eigenvalue weighted by atomic mass is 10.1. The third-order valence-corrected chi connectivity index (χ3v) is 3.26. The summed E-state index contributed by atoms with van der Waals surface area (Å²) in [5.74, 6) is -0.798. The summed E-state index contributed by atoms with van der Waals surface area (Å²) in [7, 11) is 0. The number of carboxylic acids is 1. The van der Waals surface area contributed by atoms with E-state index >= 15 is 0 Å². The smallest absolute Gasteiger partial charge is 0.307 e. The number of hydrogen-bond acceptors (Lipinski definition) is 2. The summed E-state index contributed by atoms with van der Waals surface area (Å²) in [6, 6.07) is 16.0. The molecule has 0 heterocycles. The van der Waals surface area contributed by atoms with E-state index < -0.39 is 5.97 Å². The van der Waals surface area contributed by atoms with Crippen LogP contribution in [0.3, 0.4) is 0 Å². The molecule has 2 aromatic carbocycles. The molecule has 0 saturated carbocycles. The topological polar surface area (TPSA) is 49.3 Å². The fourth-order valence-corrected chi connectivity index (χ4v) is 2.15. The van der Waals surface area contributed by atoms with Crippen LogP contribution in [0.1, 0.15) is 23.6 Å². The van der Waals surface area contributed by atoms with E-state index in [0.717, 1.165) is 29.8 Å². The molecular weight excluding hydrogens is 250 g/mol. The number of para-hydroxylation sites is 1. The van der Waals surface area contributed by atoms with Crippen LogP contribution >= 0.6 is 0 Å². The van der Waals surface area contributed by atoms with Crippen molar-refractivity contribution in [3.63, 3.8) is 0 Å². The van der Waals surface area contributed by atoms with E-state index in [-0.39, 0.29) is 6.42 Å². The molecule has 0 bridgehead atoms. The van der Waals surface area contributed by atoms with Gasteiger partial charge in [0.2, 0.25) is 0 Å². The van der Waals surface area contributed by atoms with Gasteiger partial charge in [0, 0.05) is 12.2 Å². The second-order valence-electron chi connectivity index (χ2n) is 4.75. The summed E-state index contributed by atoms with van der Waals surface area (Å²) in [6.45, 7) is 2.88.